The third kappa shape index (κ3) is 4.10. The molecule has 140 valence electrons. The van der Waals surface area contributed by atoms with Gasteiger partial charge >= 0.3 is 0 Å². The minimum absolute atomic E-state index is 0.119. The van der Waals surface area contributed by atoms with Crippen LogP contribution in [0.5, 0.6) is 0 Å². The number of thiophene rings is 1. The first kappa shape index (κ1) is 17.9. The van der Waals surface area contributed by atoms with Crippen LogP contribution in [0.2, 0.25) is 0 Å². The molecule has 0 aliphatic carbocycles. The fourth-order valence-electron chi connectivity index (χ4n) is 3.32. The molecule has 1 atom stereocenters. The number of ether oxygens (including phenoxy) is 1. The van der Waals surface area contributed by atoms with Gasteiger partial charge in [-0.3, -0.25) is 14.3 Å². The molecule has 1 aliphatic heterocycles. The molecule has 1 aliphatic rings. The van der Waals surface area contributed by atoms with Crippen LogP contribution in [-0.4, -0.2) is 53.2 Å². The zero-order valence-electron chi connectivity index (χ0n) is 15.0. The van der Waals surface area contributed by atoms with E-state index in [2.05, 4.69) is 32.7 Å². The zero-order valence-corrected chi connectivity index (χ0v) is 15.8. The predicted octanol–water partition coefficient (Wildman–Crippen LogP) is 2.74. The number of aromatic nitrogens is 2. The molecule has 2 aromatic heterocycles. The van der Waals surface area contributed by atoms with E-state index < -0.39 is 0 Å². The van der Waals surface area contributed by atoms with E-state index in [0.717, 1.165) is 32.0 Å². The first-order chi connectivity index (χ1) is 13.3. The van der Waals surface area contributed by atoms with Gasteiger partial charge in [0, 0.05) is 30.2 Å². The second-order valence-electron chi connectivity index (χ2n) is 6.37. The van der Waals surface area contributed by atoms with Gasteiger partial charge in [0.15, 0.2) is 0 Å². The summed E-state index contributed by atoms with van der Waals surface area (Å²) < 4.78 is 7.29. The number of para-hydroxylation sites is 1. The molecule has 0 saturated carbocycles. The van der Waals surface area contributed by atoms with Crippen molar-refractivity contribution in [2.45, 2.75) is 6.04 Å². The maximum Gasteiger partial charge on any atom is 0.269 e. The lowest BCUT2D eigenvalue weighted by Crippen LogP contribution is -2.43. The van der Waals surface area contributed by atoms with E-state index in [1.54, 1.807) is 23.9 Å². The summed E-state index contributed by atoms with van der Waals surface area (Å²) in [6.07, 6.45) is 3.28. The molecule has 1 N–H and O–H groups in total. The van der Waals surface area contributed by atoms with Gasteiger partial charge in [-0.05, 0) is 23.6 Å². The first-order valence-electron chi connectivity index (χ1n) is 9.04. The number of hydrogen-bond acceptors (Lipinski definition) is 5. The summed E-state index contributed by atoms with van der Waals surface area (Å²) in [5.41, 5.74) is 1.45. The topological polar surface area (TPSA) is 59.4 Å². The summed E-state index contributed by atoms with van der Waals surface area (Å²) in [6.45, 7) is 3.77. The van der Waals surface area contributed by atoms with Crippen LogP contribution in [0.3, 0.4) is 0 Å². The quantitative estimate of drug-likeness (QED) is 0.712. The van der Waals surface area contributed by atoms with E-state index in [0.29, 0.717) is 12.2 Å². The number of carbonyl (C=O) groups excluding carboxylic acids is 1. The molecule has 6 nitrogen and oxygen atoms in total. The van der Waals surface area contributed by atoms with Crippen LogP contribution in [0.4, 0.5) is 0 Å². The number of morpholine rings is 1. The number of rotatable bonds is 6. The van der Waals surface area contributed by atoms with Crippen molar-refractivity contribution in [1.82, 2.24) is 19.8 Å². The molecule has 0 radical (unpaired) electrons. The highest BCUT2D eigenvalue weighted by Gasteiger charge is 2.24. The molecule has 0 unspecified atom stereocenters. The minimum atomic E-state index is -0.119. The average Bonchev–Trinajstić information content (AvgIpc) is 3.42. The van der Waals surface area contributed by atoms with Crippen LogP contribution < -0.4 is 5.32 Å². The standard InChI is InChI=1S/C20H22N4O2S/c25-20(18-13-21-15-24(18)16-5-2-1-3-6-16)22-14-17(19-7-4-12-27-19)23-8-10-26-11-9-23/h1-7,12-13,15,17H,8-11,14H2,(H,22,25)/t17-/m0/s1. The maximum atomic E-state index is 12.8. The number of hydrogen-bond donors (Lipinski definition) is 1. The molecule has 1 fully saturated rings. The molecule has 7 heteroatoms. The molecule has 0 bridgehead atoms. The van der Waals surface area contributed by atoms with Crippen LogP contribution >= 0.6 is 11.3 Å². The van der Waals surface area contributed by atoms with E-state index in [1.165, 1.54) is 4.88 Å². The van der Waals surface area contributed by atoms with Crippen molar-refractivity contribution < 1.29 is 9.53 Å². The molecule has 27 heavy (non-hydrogen) atoms. The summed E-state index contributed by atoms with van der Waals surface area (Å²) >= 11 is 1.72. The molecule has 1 saturated heterocycles. The third-order valence-electron chi connectivity index (χ3n) is 4.72. The van der Waals surface area contributed by atoms with Crippen LogP contribution in [0.15, 0.2) is 60.4 Å². The average molecular weight is 382 g/mol. The molecule has 1 amide bonds. The molecular formula is C20H22N4O2S. The normalized spacial score (nSPS) is 16.1. The lowest BCUT2D eigenvalue weighted by Gasteiger charge is -2.34. The zero-order chi connectivity index (χ0) is 18.5. The van der Waals surface area contributed by atoms with Crippen molar-refractivity contribution in [3.63, 3.8) is 0 Å². The van der Waals surface area contributed by atoms with Gasteiger partial charge in [0.2, 0.25) is 0 Å². The van der Waals surface area contributed by atoms with Crippen molar-refractivity contribution in [3.8, 4) is 5.69 Å². The monoisotopic (exact) mass is 382 g/mol. The highest BCUT2D eigenvalue weighted by molar-refractivity contribution is 7.10. The van der Waals surface area contributed by atoms with Gasteiger partial charge in [0.1, 0.15) is 5.69 Å². The van der Waals surface area contributed by atoms with Crippen molar-refractivity contribution in [1.29, 1.82) is 0 Å². The smallest absolute Gasteiger partial charge is 0.269 e. The Hall–Kier alpha value is -2.48. The Kier molecular flexibility index (Phi) is 5.62. The largest absolute Gasteiger partial charge is 0.379 e. The number of nitrogens with zero attached hydrogens (tertiary/aromatic N) is 3. The molecule has 4 rings (SSSR count). The SMILES string of the molecule is O=C(NC[C@@H](c1cccs1)N1CCOCC1)c1cncn1-c1ccccc1. The van der Waals surface area contributed by atoms with Gasteiger partial charge in [-0.25, -0.2) is 4.98 Å². The van der Waals surface area contributed by atoms with E-state index in [4.69, 9.17) is 4.74 Å². The van der Waals surface area contributed by atoms with Gasteiger partial charge in [-0.15, -0.1) is 11.3 Å². The lowest BCUT2D eigenvalue weighted by atomic mass is 10.2. The Bertz CT molecular complexity index is 857. The Morgan fingerprint density at radius 2 is 2.00 bits per heavy atom. The molecule has 3 heterocycles. The van der Waals surface area contributed by atoms with E-state index in [-0.39, 0.29) is 11.9 Å². The minimum Gasteiger partial charge on any atom is -0.379 e. The second-order valence-corrected chi connectivity index (χ2v) is 7.35. The third-order valence-corrected chi connectivity index (χ3v) is 5.69. The van der Waals surface area contributed by atoms with Gasteiger partial charge in [-0.2, -0.15) is 0 Å². The summed E-state index contributed by atoms with van der Waals surface area (Å²) in [7, 11) is 0. The maximum absolute atomic E-state index is 12.8. The van der Waals surface area contributed by atoms with E-state index >= 15 is 0 Å². The van der Waals surface area contributed by atoms with E-state index in [9.17, 15) is 4.79 Å². The van der Waals surface area contributed by atoms with Crippen molar-refractivity contribution in [2.24, 2.45) is 0 Å². The number of imidazole rings is 1. The Labute approximate surface area is 162 Å². The summed E-state index contributed by atoms with van der Waals surface area (Å²) in [5.74, 6) is -0.119. The molecule has 1 aromatic carbocycles. The number of nitrogens with one attached hydrogen (secondary N) is 1. The number of amides is 1. The molecule has 0 spiro atoms. The first-order valence-corrected chi connectivity index (χ1v) is 9.92. The fourth-order valence-corrected chi connectivity index (χ4v) is 4.18. The summed E-state index contributed by atoms with van der Waals surface area (Å²) in [4.78, 5) is 20.6. The van der Waals surface area contributed by atoms with Crippen molar-refractivity contribution >= 4 is 17.2 Å². The highest BCUT2D eigenvalue weighted by Crippen LogP contribution is 2.25. The van der Waals surface area contributed by atoms with Crippen molar-refractivity contribution in [2.75, 3.05) is 32.8 Å². The van der Waals surface area contributed by atoms with Crippen LogP contribution in [-0.2, 0) is 4.74 Å². The highest BCUT2D eigenvalue weighted by atomic mass is 32.1. The second kappa shape index (κ2) is 8.47. The van der Waals surface area contributed by atoms with Crippen molar-refractivity contribution in [3.05, 3.63) is 70.9 Å². The fraction of sp³-hybridized carbons (Fsp3) is 0.300. The summed E-state index contributed by atoms with van der Waals surface area (Å²) in [5, 5.41) is 5.18. The Morgan fingerprint density at radius 3 is 2.74 bits per heavy atom. The predicted molar refractivity (Wildman–Crippen MR) is 105 cm³/mol. The molecule has 3 aromatic rings. The van der Waals surface area contributed by atoms with Crippen LogP contribution in [0.25, 0.3) is 5.69 Å². The van der Waals surface area contributed by atoms with Gasteiger partial charge in [-0.1, -0.05) is 24.3 Å². The van der Waals surface area contributed by atoms with Gasteiger partial charge in [0.25, 0.3) is 5.91 Å². The number of carbonyl (C=O) groups is 1. The number of benzene rings is 1. The van der Waals surface area contributed by atoms with E-state index in [1.807, 2.05) is 34.9 Å². The Balaban J connectivity index is 1.48. The molecular weight excluding hydrogens is 360 g/mol. The lowest BCUT2D eigenvalue weighted by molar-refractivity contribution is 0.0169. The Morgan fingerprint density at radius 1 is 1.19 bits per heavy atom. The van der Waals surface area contributed by atoms with Gasteiger partial charge < -0.3 is 10.1 Å². The van der Waals surface area contributed by atoms with Gasteiger partial charge in [0.05, 0.1) is 31.8 Å². The van der Waals surface area contributed by atoms with Crippen LogP contribution in [0, 0.1) is 0 Å². The summed E-state index contributed by atoms with van der Waals surface area (Å²) in [6, 6.07) is 14.1. The van der Waals surface area contributed by atoms with Crippen LogP contribution in [0.1, 0.15) is 21.4 Å².